The van der Waals surface area contributed by atoms with Crippen molar-refractivity contribution < 1.29 is 9.53 Å². The number of aromatic nitrogens is 3. The lowest BCUT2D eigenvalue weighted by molar-refractivity contribution is -0.121. The van der Waals surface area contributed by atoms with E-state index in [0.29, 0.717) is 25.3 Å². The molecule has 1 aliphatic rings. The normalized spacial score (nSPS) is 17.2. The average molecular weight is 352 g/mol. The molecule has 0 saturated carbocycles. The molecule has 6 heteroatoms. The minimum absolute atomic E-state index is 0.0847. The number of ether oxygens (including phenoxy) is 1. The van der Waals surface area contributed by atoms with Crippen LogP contribution in [0.25, 0.3) is 16.6 Å². The molecule has 1 amide bonds. The van der Waals surface area contributed by atoms with Gasteiger partial charge < -0.3 is 10.1 Å². The molecule has 1 saturated heterocycles. The zero-order valence-electron chi connectivity index (χ0n) is 15.3. The number of hydrogen-bond acceptors (Lipinski definition) is 4. The van der Waals surface area contributed by atoms with Gasteiger partial charge in [-0.05, 0) is 44.4 Å². The first-order valence-electron chi connectivity index (χ1n) is 9.21. The van der Waals surface area contributed by atoms with Gasteiger partial charge in [-0.25, -0.2) is 9.50 Å². The Morgan fingerprint density at radius 2 is 2.19 bits per heavy atom. The van der Waals surface area contributed by atoms with Crippen LogP contribution in [0.2, 0.25) is 0 Å². The molecule has 6 nitrogen and oxygen atoms in total. The summed E-state index contributed by atoms with van der Waals surface area (Å²) in [6, 6.07) is 8.03. The monoisotopic (exact) mass is 352 g/mol. The summed E-state index contributed by atoms with van der Waals surface area (Å²) >= 11 is 0. The van der Waals surface area contributed by atoms with Gasteiger partial charge in [0.15, 0.2) is 5.65 Å². The second kappa shape index (κ2) is 7.03. The fraction of sp³-hybridized carbons (Fsp3) is 0.450. The second-order valence-corrected chi connectivity index (χ2v) is 7.05. The van der Waals surface area contributed by atoms with Gasteiger partial charge in [0.25, 0.3) is 0 Å². The third kappa shape index (κ3) is 3.17. The van der Waals surface area contributed by atoms with E-state index in [2.05, 4.69) is 17.3 Å². The van der Waals surface area contributed by atoms with E-state index < -0.39 is 0 Å². The topological polar surface area (TPSA) is 68.5 Å². The summed E-state index contributed by atoms with van der Waals surface area (Å²) in [5.41, 5.74) is 4.95. The highest BCUT2D eigenvalue weighted by atomic mass is 16.5. The minimum atomic E-state index is 0.0847. The summed E-state index contributed by atoms with van der Waals surface area (Å²) in [4.78, 5) is 17.0. The largest absolute Gasteiger partial charge is 0.381 e. The summed E-state index contributed by atoms with van der Waals surface area (Å²) in [5.74, 6) is 0.540. The van der Waals surface area contributed by atoms with Crippen molar-refractivity contribution in [2.24, 2.45) is 5.92 Å². The maximum Gasteiger partial charge on any atom is 0.220 e. The van der Waals surface area contributed by atoms with E-state index in [0.717, 1.165) is 53.1 Å². The molecular weight excluding hydrogens is 328 g/mol. The fourth-order valence-corrected chi connectivity index (χ4v) is 3.67. The molecule has 0 radical (unpaired) electrons. The summed E-state index contributed by atoms with van der Waals surface area (Å²) in [5, 5.41) is 8.76. The van der Waals surface area contributed by atoms with Crippen LogP contribution < -0.4 is 5.32 Å². The van der Waals surface area contributed by atoms with Crippen LogP contribution in [-0.4, -0.2) is 40.3 Å². The van der Waals surface area contributed by atoms with Crippen LogP contribution in [0, 0.1) is 19.8 Å². The van der Waals surface area contributed by atoms with Crippen molar-refractivity contribution in [1.29, 1.82) is 0 Å². The van der Waals surface area contributed by atoms with Crippen molar-refractivity contribution in [1.82, 2.24) is 19.9 Å². The fourth-order valence-electron chi connectivity index (χ4n) is 3.67. The Hall–Kier alpha value is -2.47. The van der Waals surface area contributed by atoms with Crippen molar-refractivity contribution in [3.8, 4) is 0 Å². The summed E-state index contributed by atoms with van der Waals surface area (Å²) in [6.45, 7) is 6.34. The van der Waals surface area contributed by atoms with Crippen molar-refractivity contribution >= 4 is 22.5 Å². The van der Waals surface area contributed by atoms with Crippen LogP contribution >= 0.6 is 0 Å². The molecule has 0 spiro atoms. The van der Waals surface area contributed by atoms with Crippen LogP contribution in [0.15, 0.2) is 24.3 Å². The first kappa shape index (κ1) is 17.0. The van der Waals surface area contributed by atoms with Gasteiger partial charge in [-0.15, -0.1) is 0 Å². The van der Waals surface area contributed by atoms with Gasteiger partial charge in [-0.3, -0.25) is 4.79 Å². The van der Waals surface area contributed by atoms with Crippen molar-refractivity contribution in [2.75, 3.05) is 19.8 Å². The van der Waals surface area contributed by atoms with Gasteiger partial charge in [0.2, 0.25) is 5.91 Å². The van der Waals surface area contributed by atoms with E-state index in [9.17, 15) is 4.79 Å². The average Bonchev–Trinajstić information content (AvgIpc) is 3.28. The minimum Gasteiger partial charge on any atom is -0.381 e. The van der Waals surface area contributed by atoms with Gasteiger partial charge >= 0.3 is 0 Å². The molecule has 3 aromatic rings. The predicted octanol–water partition coefficient (Wildman–Crippen LogP) is 2.58. The molecular formula is C20H24N4O2. The maximum absolute atomic E-state index is 12.2. The molecule has 3 heterocycles. The van der Waals surface area contributed by atoms with E-state index in [4.69, 9.17) is 9.72 Å². The maximum atomic E-state index is 12.2. The van der Waals surface area contributed by atoms with Crippen molar-refractivity contribution in [3.05, 3.63) is 41.2 Å². The van der Waals surface area contributed by atoms with E-state index in [1.54, 1.807) is 0 Å². The van der Waals surface area contributed by atoms with Gasteiger partial charge in [-0.1, -0.05) is 12.1 Å². The summed E-state index contributed by atoms with van der Waals surface area (Å²) in [6.07, 6.45) is 2.17. The Morgan fingerprint density at radius 3 is 3.00 bits per heavy atom. The van der Waals surface area contributed by atoms with E-state index in [1.807, 2.05) is 35.7 Å². The number of nitrogens with zero attached hydrogens (tertiary/aromatic N) is 3. The number of nitrogens with one attached hydrogen (secondary N) is 1. The second-order valence-electron chi connectivity index (χ2n) is 7.05. The molecule has 1 N–H and O–H groups in total. The summed E-state index contributed by atoms with van der Waals surface area (Å²) < 4.78 is 7.25. The summed E-state index contributed by atoms with van der Waals surface area (Å²) in [7, 11) is 0. The molecule has 1 unspecified atom stereocenters. The third-order valence-corrected chi connectivity index (χ3v) is 5.23. The highest BCUT2D eigenvalue weighted by Crippen LogP contribution is 2.22. The van der Waals surface area contributed by atoms with E-state index in [-0.39, 0.29) is 5.91 Å². The van der Waals surface area contributed by atoms with Gasteiger partial charge in [-0.2, -0.15) is 5.10 Å². The number of amides is 1. The zero-order valence-corrected chi connectivity index (χ0v) is 15.3. The lowest BCUT2D eigenvalue weighted by Crippen LogP contribution is -2.29. The molecule has 1 fully saturated rings. The number of hydrogen-bond donors (Lipinski definition) is 1. The lowest BCUT2D eigenvalue weighted by Gasteiger charge is -2.12. The smallest absolute Gasteiger partial charge is 0.220 e. The lowest BCUT2D eigenvalue weighted by atomic mass is 10.1. The van der Waals surface area contributed by atoms with Crippen LogP contribution in [0.1, 0.15) is 29.8 Å². The molecule has 1 aromatic carbocycles. The molecule has 136 valence electrons. The van der Waals surface area contributed by atoms with Crippen LogP contribution in [-0.2, 0) is 16.0 Å². The zero-order chi connectivity index (χ0) is 18.1. The standard InChI is InChI=1S/C20H24N4O2/c1-13-16(7-8-19(25)21-11-15-9-10-26-12-15)14(2)24-20(22-13)17-5-3-4-6-18(17)23-24/h3-6,15H,7-12H2,1-2H3,(H,21,25). The van der Waals surface area contributed by atoms with E-state index in [1.165, 1.54) is 0 Å². The Bertz CT molecular complexity index is 957. The number of rotatable bonds is 5. The molecule has 2 aromatic heterocycles. The molecule has 4 rings (SSSR count). The van der Waals surface area contributed by atoms with Crippen LogP contribution in [0.4, 0.5) is 0 Å². The quantitative estimate of drug-likeness (QED) is 0.766. The first-order chi connectivity index (χ1) is 12.6. The highest BCUT2D eigenvalue weighted by Gasteiger charge is 2.17. The van der Waals surface area contributed by atoms with Crippen LogP contribution in [0.5, 0.6) is 0 Å². The predicted molar refractivity (Wildman–Crippen MR) is 100 cm³/mol. The Kier molecular flexibility index (Phi) is 4.59. The third-order valence-electron chi connectivity index (χ3n) is 5.23. The number of benzene rings is 1. The number of carbonyl (C=O) groups is 1. The number of aryl methyl sites for hydroxylation is 2. The molecule has 0 bridgehead atoms. The van der Waals surface area contributed by atoms with Gasteiger partial charge in [0.1, 0.15) is 0 Å². The number of fused-ring (bicyclic) bond motifs is 3. The molecule has 0 aliphatic carbocycles. The Labute approximate surface area is 152 Å². The highest BCUT2D eigenvalue weighted by molar-refractivity contribution is 5.92. The molecule has 1 aliphatic heterocycles. The van der Waals surface area contributed by atoms with Crippen molar-refractivity contribution in [2.45, 2.75) is 33.1 Å². The first-order valence-corrected chi connectivity index (χ1v) is 9.21. The van der Waals surface area contributed by atoms with Crippen LogP contribution in [0.3, 0.4) is 0 Å². The number of carbonyl (C=O) groups excluding carboxylic acids is 1. The van der Waals surface area contributed by atoms with Gasteiger partial charge in [0, 0.05) is 42.3 Å². The van der Waals surface area contributed by atoms with Crippen molar-refractivity contribution in [3.63, 3.8) is 0 Å². The SMILES string of the molecule is Cc1nc2c3ccccc3nn2c(C)c1CCC(=O)NCC1CCOC1. The molecule has 26 heavy (non-hydrogen) atoms. The Morgan fingerprint density at radius 1 is 1.35 bits per heavy atom. The molecule has 1 atom stereocenters. The van der Waals surface area contributed by atoms with Gasteiger partial charge in [0.05, 0.1) is 12.1 Å². The van der Waals surface area contributed by atoms with E-state index >= 15 is 0 Å². The Balaban J connectivity index is 1.50.